The molecule has 0 saturated heterocycles. The van der Waals surface area contributed by atoms with Crippen LogP contribution in [0.25, 0.3) is 16.9 Å². The fraction of sp³-hybridized carbons (Fsp3) is 0.222. The maximum absolute atomic E-state index is 11.3. The predicted molar refractivity (Wildman–Crippen MR) is 86.2 cm³/mol. The molecule has 3 rings (SSSR count). The minimum atomic E-state index is -0.852. The smallest absolute Gasteiger partial charge is 0.309 e. The molecular weight excluding hydrogens is 276 g/mol. The number of aromatic nitrogens is 2. The van der Waals surface area contributed by atoms with Crippen molar-refractivity contribution < 1.29 is 9.90 Å². The van der Waals surface area contributed by atoms with E-state index in [1.807, 2.05) is 41.7 Å². The monoisotopic (exact) mass is 294 g/mol. The Hall–Kier alpha value is -2.62. The number of aryl methyl sites for hydroxylation is 3. The first-order chi connectivity index (χ1) is 10.5. The summed E-state index contributed by atoms with van der Waals surface area (Å²) in [6, 6.07) is 11.9. The second kappa shape index (κ2) is 5.30. The van der Waals surface area contributed by atoms with Crippen molar-refractivity contribution in [2.45, 2.75) is 27.2 Å². The molecule has 0 amide bonds. The van der Waals surface area contributed by atoms with Gasteiger partial charge in [-0.05, 0) is 50.1 Å². The van der Waals surface area contributed by atoms with Gasteiger partial charge < -0.3 is 9.51 Å². The van der Waals surface area contributed by atoms with Crippen molar-refractivity contribution in [1.82, 2.24) is 9.38 Å². The summed E-state index contributed by atoms with van der Waals surface area (Å²) in [5.74, 6) is -0.852. The number of fused-ring (bicyclic) bond motifs is 1. The number of pyridine rings is 1. The number of nitrogens with zero attached hydrogens (tertiary/aromatic N) is 2. The van der Waals surface area contributed by atoms with Gasteiger partial charge in [0.25, 0.3) is 0 Å². The number of benzene rings is 1. The molecule has 0 saturated carbocycles. The first kappa shape index (κ1) is 14.3. The molecule has 0 spiro atoms. The molecule has 0 radical (unpaired) electrons. The van der Waals surface area contributed by atoms with Gasteiger partial charge in [0.2, 0.25) is 0 Å². The topological polar surface area (TPSA) is 54.6 Å². The average Bonchev–Trinajstić information content (AvgIpc) is 2.81. The van der Waals surface area contributed by atoms with Gasteiger partial charge in [0.05, 0.1) is 17.8 Å². The minimum Gasteiger partial charge on any atom is -0.481 e. The molecule has 4 nitrogen and oxygen atoms in total. The van der Waals surface area contributed by atoms with Crippen LogP contribution in [0.5, 0.6) is 0 Å². The van der Waals surface area contributed by atoms with Gasteiger partial charge in [-0.1, -0.05) is 18.2 Å². The second-order valence-corrected chi connectivity index (χ2v) is 5.64. The molecule has 22 heavy (non-hydrogen) atoms. The van der Waals surface area contributed by atoms with E-state index in [1.54, 1.807) is 0 Å². The largest absolute Gasteiger partial charge is 0.481 e. The van der Waals surface area contributed by atoms with E-state index in [9.17, 15) is 9.90 Å². The van der Waals surface area contributed by atoms with E-state index in [0.29, 0.717) is 0 Å². The summed E-state index contributed by atoms with van der Waals surface area (Å²) in [6.07, 6.45) is -0.0473. The SMILES string of the molecule is Cc1ccc(-c2nc3cccc(C)n3c2CC(=O)O)cc1C. The molecule has 1 aromatic carbocycles. The number of aliphatic carboxylic acids is 1. The Morgan fingerprint density at radius 1 is 1.14 bits per heavy atom. The Bertz CT molecular complexity index is 878. The van der Waals surface area contributed by atoms with E-state index in [4.69, 9.17) is 0 Å². The molecule has 0 fully saturated rings. The molecule has 2 aromatic heterocycles. The van der Waals surface area contributed by atoms with Gasteiger partial charge in [0.1, 0.15) is 5.65 Å². The molecule has 1 N–H and O–H groups in total. The van der Waals surface area contributed by atoms with E-state index in [-0.39, 0.29) is 6.42 Å². The highest BCUT2D eigenvalue weighted by atomic mass is 16.4. The first-order valence-electron chi connectivity index (χ1n) is 7.23. The number of rotatable bonds is 3. The summed E-state index contributed by atoms with van der Waals surface area (Å²) in [4.78, 5) is 16.0. The van der Waals surface area contributed by atoms with Gasteiger partial charge in [-0.15, -0.1) is 0 Å². The lowest BCUT2D eigenvalue weighted by molar-refractivity contribution is -0.136. The van der Waals surface area contributed by atoms with Crippen molar-refractivity contribution in [2.24, 2.45) is 0 Å². The highest BCUT2D eigenvalue weighted by Gasteiger charge is 2.17. The van der Waals surface area contributed by atoms with Crippen molar-refractivity contribution in [2.75, 3.05) is 0 Å². The zero-order chi connectivity index (χ0) is 15.9. The summed E-state index contributed by atoms with van der Waals surface area (Å²) in [7, 11) is 0. The number of carboxylic acid groups (broad SMARTS) is 1. The molecule has 0 bridgehead atoms. The first-order valence-corrected chi connectivity index (χ1v) is 7.23. The Morgan fingerprint density at radius 2 is 1.91 bits per heavy atom. The number of hydrogen-bond acceptors (Lipinski definition) is 2. The predicted octanol–water partition coefficient (Wildman–Crippen LogP) is 3.55. The second-order valence-electron chi connectivity index (χ2n) is 5.64. The van der Waals surface area contributed by atoms with Gasteiger partial charge in [0, 0.05) is 11.3 Å². The van der Waals surface area contributed by atoms with Crippen molar-refractivity contribution in [3.8, 4) is 11.3 Å². The van der Waals surface area contributed by atoms with Gasteiger partial charge in [0.15, 0.2) is 0 Å². The van der Waals surface area contributed by atoms with E-state index in [2.05, 4.69) is 24.9 Å². The van der Waals surface area contributed by atoms with E-state index in [0.717, 1.165) is 28.3 Å². The molecule has 0 unspecified atom stereocenters. The van der Waals surface area contributed by atoms with Crippen LogP contribution in [0, 0.1) is 20.8 Å². The normalized spacial score (nSPS) is 11.0. The lowest BCUT2D eigenvalue weighted by Gasteiger charge is -2.07. The standard InChI is InChI=1S/C18H18N2O2/c1-11-7-8-14(9-12(11)2)18-15(10-17(21)22)20-13(3)5-4-6-16(20)19-18/h4-9H,10H2,1-3H3,(H,21,22). The summed E-state index contributed by atoms with van der Waals surface area (Å²) in [5, 5.41) is 9.26. The number of carboxylic acids is 1. The zero-order valence-corrected chi connectivity index (χ0v) is 12.9. The Balaban J connectivity index is 2.30. The third-order valence-corrected chi connectivity index (χ3v) is 4.03. The van der Waals surface area contributed by atoms with Crippen LogP contribution in [0.1, 0.15) is 22.5 Å². The van der Waals surface area contributed by atoms with E-state index >= 15 is 0 Å². The molecule has 0 atom stereocenters. The van der Waals surface area contributed by atoms with Crippen molar-refractivity contribution in [3.63, 3.8) is 0 Å². The Labute approximate surface area is 129 Å². The van der Waals surface area contributed by atoms with Crippen LogP contribution in [0.2, 0.25) is 0 Å². The van der Waals surface area contributed by atoms with Crippen molar-refractivity contribution in [1.29, 1.82) is 0 Å². The Morgan fingerprint density at radius 3 is 2.59 bits per heavy atom. The zero-order valence-electron chi connectivity index (χ0n) is 12.9. The summed E-state index contributed by atoms with van der Waals surface area (Å²) in [5.41, 5.74) is 6.59. The van der Waals surface area contributed by atoms with Gasteiger partial charge in [-0.25, -0.2) is 4.98 Å². The third-order valence-electron chi connectivity index (χ3n) is 4.03. The van der Waals surface area contributed by atoms with Crippen LogP contribution in [-0.2, 0) is 11.2 Å². The Kier molecular flexibility index (Phi) is 3.45. The van der Waals surface area contributed by atoms with Crippen LogP contribution < -0.4 is 0 Å². The maximum Gasteiger partial charge on any atom is 0.309 e. The third kappa shape index (κ3) is 2.37. The fourth-order valence-electron chi connectivity index (χ4n) is 2.75. The molecule has 3 aromatic rings. The number of imidazole rings is 1. The number of hydrogen-bond donors (Lipinski definition) is 1. The fourth-order valence-corrected chi connectivity index (χ4v) is 2.75. The van der Waals surface area contributed by atoms with Crippen LogP contribution >= 0.6 is 0 Å². The van der Waals surface area contributed by atoms with E-state index in [1.165, 1.54) is 11.1 Å². The molecule has 112 valence electrons. The van der Waals surface area contributed by atoms with Gasteiger partial charge in [-0.3, -0.25) is 4.79 Å². The summed E-state index contributed by atoms with van der Waals surface area (Å²) in [6.45, 7) is 6.08. The molecule has 2 heterocycles. The van der Waals surface area contributed by atoms with Crippen LogP contribution in [0.4, 0.5) is 0 Å². The molecule has 0 aliphatic carbocycles. The van der Waals surface area contributed by atoms with Crippen LogP contribution in [-0.4, -0.2) is 20.5 Å². The van der Waals surface area contributed by atoms with E-state index < -0.39 is 5.97 Å². The quantitative estimate of drug-likeness (QED) is 0.803. The van der Waals surface area contributed by atoms with Crippen LogP contribution in [0.3, 0.4) is 0 Å². The lowest BCUT2D eigenvalue weighted by atomic mass is 10.0. The van der Waals surface area contributed by atoms with Crippen molar-refractivity contribution in [3.05, 3.63) is 58.9 Å². The molecule has 4 heteroatoms. The van der Waals surface area contributed by atoms with Gasteiger partial charge in [-0.2, -0.15) is 0 Å². The summed E-state index contributed by atoms with van der Waals surface area (Å²) < 4.78 is 1.93. The molecular formula is C18H18N2O2. The van der Waals surface area contributed by atoms with Crippen molar-refractivity contribution >= 4 is 11.6 Å². The highest BCUT2D eigenvalue weighted by molar-refractivity contribution is 5.76. The van der Waals surface area contributed by atoms with Crippen LogP contribution in [0.15, 0.2) is 36.4 Å². The molecule has 0 aliphatic rings. The maximum atomic E-state index is 11.3. The van der Waals surface area contributed by atoms with Gasteiger partial charge >= 0.3 is 5.97 Å². The average molecular weight is 294 g/mol. The number of carbonyl (C=O) groups is 1. The highest BCUT2D eigenvalue weighted by Crippen LogP contribution is 2.27. The minimum absolute atomic E-state index is 0.0473. The summed E-state index contributed by atoms with van der Waals surface area (Å²) >= 11 is 0. The molecule has 0 aliphatic heterocycles. The lowest BCUT2D eigenvalue weighted by Crippen LogP contribution is -2.06.